The molecule has 12 heteroatoms. The molecule has 0 amide bonds. The third kappa shape index (κ3) is 7.37. The fraction of sp³-hybridized carbons (Fsp3) is 0.353. The number of benzene rings is 1. The highest BCUT2D eigenvalue weighted by atomic mass is 79.9. The van der Waals surface area contributed by atoms with Gasteiger partial charge >= 0.3 is 6.36 Å². The van der Waals surface area contributed by atoms with E-state index in [1.807, 2.05) is 19.0 Å². The average molecular weight is 500 g/mol. The van der Waals surface area contributed by atoms with Crippen LogP contribution in [0.2, 0.25) is 0 Å². The Hall–Kier alpha value is -2.05. The first-order valence-electron chi connectivity index (χ1n) is 8.28. The number of aromatic nitrogens is 1. The number of alkyl halides is 3. The van der Waals surface area contributed by atoms with E-state index in [1.165, 1.54) is 24.4 Å². The number of para-hydroxylation sites is 1. The van der Waals surface area contributed by atoms with Crippen LogP contribution < -0.4 is 14.2 Å². The Bertz CT molecular complexity index is 946. The lowest BCUT2D eigenvalue weighted by molar-refractivity contribution is -0.275. The molecule has 29 heavy (non-hydrogen) atoms. The van der Waals surface area contributed by atoms with Crippen LogP contribution in [-0.4, -0.2) is 51.9 Å². The SMILES string of the molecule is CN(C)CCCOc1ncc(Br)cc1NS(=O)(=O)c1ccccc1OC(F)(F)F.[HH]. The summed E-state index contributed by atoms with van der Waals surface area (Å²) in [4.78, 5) is 5.32. The molecule has 162 valence electrons. The van der Waals surface area contributed by atoms with Crippen molar-refractivity contribution in [3.63, 3.8) is 0 Å². The molecule has 1 heterocycles. The molecule has 0 aliphatic rings. The van der Waals surface area contributed by atoms with E-state index in [9.17, 15) is 21.6 Å². The summed E-state index contributed by atoms with van der Waals surface area (Å²) < 4.78 is 75.3. The molecule has 0 spiro atoms. The Balaban J connectivity index is 0.00000450. The smallest absolute Gasteiger partial charge is 0.476 e. The first-order chi connectivity index (χ1) is 13.5. The van der Waals surface area contributed by atoms with E-state index >= 15 is 0 Å². The van der Waals surface area contributed by atoms with Crippen LogP contribution in [0.4, 0.5) is 18.9 Å². The van der Waals surface area contributed by atoms with Crippen molar-refractivity contribution < 1.29 is 32.5 Å². The molecule has 1 N–H and O–H groups in total. The van der Waals surface area contributed by atoms with Gasteiger partial charge in [-0.3, -0.25) is 4.72 Å². The molecule has 0 radical (unpaired) electrons. The number of rotatable bonds is 9. The Kier molecular flexibility index (Phi) is 7.72. The van der Waals surface area contributed by atoms with Crippen molar-refractivity contribution in [1.82, 2.24) is 9.88 Å². The predicted molar refractivity (Wildman–Crippen MR) is 107 cm³/mol. The Morgan fingerprint density at radius 3 is 2.62 bits per heavy atom. The number of ether oxygens (including phenoxy) is 2. The van der Waals surface area contributed by atoms with E-state index in [4.69, 9.17) is 4.74 Å². The van der Waals surface area contributed by atoms with Gasteiger partial charge in [-0.25, -0.2) is 13.4 Å². The Morgan fingerprint density at radius 2 is 1.97 bits per heavy atom. The van der Waals surface area contributed by atoms with Gasteiger partial charge in [-0.2, -0.15) is 0 Å². The topological polar surface area (TPSA) is 80.8 Å². The Morgan fingerprint density at radius 1 is 1.28 bits per heavy atom. The molecule has 2 aromatic rings. The maximum Gasteiger partial charge on any atom is 0.573 e. The fourth-order valence-corrected chi connectivity index (χ4v) is 3.75. The van der Waals surface area contributed by atoms with E-state index in [0.29, 0.717) is 10.9 Å². The second-order valence-corrected chi connectivity index (χ2v) is 8.68. The molecule has 0 fully saturated rings. The van der Waals surface area contributed by atoms with Gasteiger partial charge in [0.05, 0.1) is 6.61 Å². The van der Waals surface area contributed by atoms with Crippen LogP contribution in [0.25, 0.3) is 0 Å². The molecule has 0 aliphatic carbocycles. The van der Waals surface area contributed by atoms with Crippen LogP contribution >= 0.6 is 15.9 Å². The van der Waals surface area contributed by atoms with Crippen molar-refractivity contribution in [2.75, 3.05) is 32.0 Å². The summed E-state index contributed by atoms with van der Waals surface area (Å²) in [5.41, 5.74) is -0.0222. The predicted octanol–water partition coefficient (Wildman–Crippen LogP) is 4.12. The summed E-state index contributed by atoms with van der Waals surface area (Å²) in [5.74, 6) is -0.839. The fourth-order valence-electron chi connectivity index (χ4n) is 2.25. The van der Waals surface area contributed by atoms with Crippen molar-refractivity contribution >= 4 is 31.6 Å². The van der Waals surface area contributed by atoms with Crippen molar-refractivity contribution in [2.24, 2.45) is 0 Å². The van der Waals surface area contributed by atoms with Gasteiger partial charge in [0.1, 0.15) is 16.3 Å². The van der Waals surface area contributed by atoms with Crippen molar-refractivity contribution in [3.8, 4) is 11.6 Å². The molecular weight excluding hydrogens is 479 g/mol. The van der Waals surface area contributed by atoms with E-state index in [2.05, 4.69) is 30.4 Å². The van der Waals surface area contributed by atoms with Gasteiger partial charge in [-0.15, -0.1) is 13.2 Å². The number of anilines is 1. The molecular formula is C17H21BrF3N3O4S. The summed E-state index contributed by atoms with van der Waals surface area (Å²) in [7, 11) is -0.622. The van der Waals surface area contributed by atoms with Crippen LogP contribution in [-0.2, 0) is 10.0 Å². The van der Waals surface area contributed by atoms with Gasteiger partial charge in [0.2, 0.25) is 5.88 Å². The number of hydrogen-bond acceptors (Lipinski definition) is 6. The normalized spacial score (nSPS) is 12.1. The summed E-state index contributed by atoms with van der Waals surface area (Å²) in [6.45, 7) is 1.02. The Labute approximate surface area is 176 Å². The summed E-state index contributed by atoms with van der Waals surface area (Å²) in [6.07, 6.45) is -2.96. The van der Waals surface area contributed by atoms with Crippen LogP contribution in [0.5, 0.6) is 11.6 Å². The van der Waals surface area contributed by atoms with Gasteiger partial charge in [-0.1, -0.05) is 12.1 Å². The maximum absolute atomic E-state index is 12.7. The van der Waals surface area contributed by atoms with Crippen LogP contribution in [0.1, 0.15) is 7.85 Å². The van der Waals surface area contributed by atoms with Gasteiger partial charge in [0, 0.05) is 18.6 Å². The lowest BCUT2D eigenvalue weighted by Crippen LogP contribution is -2.21. The molecule has 0 saturated carbocycles. The number of nitrogens with one attached hydrogen (secondary N) is 1. The molecule has 0 saturated heterocycles. The van der Waals surface area contributed by atoms with E-state index in [0.717, 1.165) is 18.7 Å². The number of sulfonamides is 1. The molecule has 0 aliphatic heterocycles. The monoisotopic (exact) mass is 499 g/mol. The third-order valence-corrected chi connectivity index (χ3v) is 5.25. The van der Waals surface area contributed by atoms with Crippen molar-refractivity contribution in [1.29, 1.82) is 0 Å². The molecule has 7 nitrogen and oxygen atoms in total. The molecule has 0 unspecified atom stereocenters. The standard InChI is InChI=1S/C17H19BrF3N3O4S.H2/c1-24(2)8-5-9-27-16-13(10-12(18)11-22-16)23-29(25,26)15-7-4-3-6-14(15)28-17(19,20)21;/h3-4,6-7,10-11,23H,5,8-9H2,1-2H3;1H. The average Bonchev–Trinajstić information content (AvgIpc) is 2.58. The number of halogens is 4. The zero-order chi connectivity index (χ0) is 21.7. The molecule has 0 bridgehead atoms. The van der Waals surface area contributed by atoms with Gasteiger partial charge in [0.25, 0.3) is 10.0 Å². The lowest BCUT2D eigenvalue weighted by Gasteiger charge is -2.16. The minimum Gasteiger partial charge on any atom is -0.476 e. The first-order valence-corrected chi connectivity index (χ1v) is 10.6. The van der Waals surface area contributed by atoms with Crippen molar-refractivity contribution in [2.45, 2.75) is 17.7 Å². The second kappa shape index (κ2) is 9.63. The zero-order valence-electron chi connectivity index (χ0n) is 15.5. The highest BCUT2D eigenvalue weighted by Gasteiger charge is 2.34. The second-order valence-electron chi connectivity index (χ2n) is 6.11. The third-order valence-electron chi connectivity index (χ3n) is 3.41. The number of nitrogens with zero attached hydrogens (tertiary/aromatic N) is 2. The molecule has 0 atom stereocenters. The minimum atomic E-state index is -5.04. The summed E-state index contributed by atoms with van der Waals surface area (Å²) >= 11 is 3.18. The highest BCUT2D eigenvalue weighted by molar-refractivity contribution is 9.10. The lowest BCUT2D eigenvalue weighted by atomic mass is 10.3. The molecule has 1 aromatic heterocycles. The van der Waals surface area contributed by atoms with Crippen LogP contribution in [0, 0.1) is 0 Å². The minimum absolute atomic E-state index is 0. The molecule has 2 rings (SSSR count). The van der Waals surface area contributed by atoms with Crippen LogP contribution in [0.3, 0.4) is 0 Å². The summed E-state index contributed by atoms with van der Waals surface area (Å²) in [5, 5.41) is 0. The number of pyridine rings is 1. The number of hydrogen-bond donors (Lipinski definition) is 1. The summed E-state index contributed by atoms with van der Waals surface area (Å²) in [6, 6.07) is 5.85. The van der Waals surface area contributed by atoms with Gasteiger partial charge < -0.3 is 14.4 Å². The zero-order valence-corrected chi connectivity index (χ0v) is 17.9. The van der Waals surface area contributed by atoms with Gasteiger partial charge in [0.15, 0.2) is 0 Å². The van der Waals surface area contributed by atoms with Crippen molar-refractivity contribution in [3.05, 3.63) is 41.0 Å². The van der Waals surface area contributed by atoms with E-state index < -0.39 is 27.0 Å². The van der Waals surface area contributed by atoms with Gasteiger partial charge in [-0.05, 0) is 54.6 Å². The van der Waals surface area contributed by atoms with E-state index in [1.54, 1.807) is 0 Å². The maximum atomic E-state index is 12.7. The largest absolute Gasteiger partial charge is 0.573 e. The van der Waals surface area contributed by atoms with E-state index in [-0.39, 0.29) is 19.6 Å². The van der Waals surface area contributed by atoms with Crippen LogP contribution in [0.15, 0.2) is 45.9 Å². The highest BCUT2D eigenvalue weighted by Crippen LogP contribution is 2.33. The first kappa shape index (κ1) is 23.2. The quantitative estimate of drug-likeness (QED) is 0.522. The molecule has 1 aromatic carbocycles.